The fraction of sp³-hybridized carbons (Fsp3) is 0.474. The second-order valence-corrected chi connectivity index (χ2v) is 6.43. The lowest BCUT2D eigenvalue weighted by atomic mass is 9.87. The molecule has 0 atom stereocenters. The molecule has 0 aliphatic carbocycles. The third-order valence-electron chi connectivity index (χ3n) is 5.02. The van der Waals surface area contributed by atoms with Crippen LogP contribution >= 0.6 is 12.4 Å². The average Bonchev–Trinajstić information content (AvgIpc) is 3.27. The minimum absolute atomic E-state index is 0. The van der Waals surface area contributed by atoms with E-state index in [4.69, 9.17) is 14.2 Å². The fourth-order valence-electron chi connectivity index (χ4n) is 3.49. The number of piperidine rings is 1. The van der Waals surface area contributed by atoms with Crippen LogP contribution in [0.3, 0.4) is 0 Å². The van der Waals surface area contributed by atoms with Crippen LogP contribution in [0, 0.1) is 0 Å². The predicted octanol–water partition coefficient (Wildman–Crippen LogP) is 1.73. The zero-order chi connectivity index (χ0) is 19.3. The van der Waals surface area contributed by atoms with E-state index in [9.17, 15) is 4.79 Å². The third kappa shape index (κ3) is 4.18. The van der Waals surface area contributed by atoms with Crippen LogP contribution in [-0.2, 0) is 16.9 Å². The van der Waals surface area contributed by atoms with Crippen molar-refractivity contribution in [1.82, 2.24) is 20.4 Å². The molecule has 2 heterocycles. The molecule has 1 aromatic carbocycles. The van der Waals surface area contributed by atoms with Crippen LogP contribution in [0.15, 0.2) is 30.6 Å². The number of halogens is 1. The Morgan fingerprint density at radius 3 is 2.36 bits per heavy atom. The second-order valence-electron chi connectivity index (χ2n) is 6.43. The standard InChI is InChI=1S/C19H26N4O4.ClH/c1-25-15-12-17(27-3)16(26-2)11-14(15)13-21-18(24)19(5-8-20-9-6-19)23-10-4-7-22-23;/h4,7,10-12,20H,5-6,8-9,13H2,1-3H3,(H,21,24);1H. The Morgan fingerprint density at radius 1 is 1.14 bits per heavy atom. The molecule has 3 rings (SSSR count). The second kappa shape index (κ2) is 9.66. The van der Waals surface area contributed by atoms with Gasteiger partial charge in [0.15, 0.2) is 11.5 Å². The van der Waals surface area contributed by atoms with Gasteiger partial charge in [-0.05, 0) is 38.1 Å². The highest BCUT2D eigenvalue weighted by Gasteiger charge is 2.41. The molecule has 9 heteroatoms. The Hall–Kier alpha value is -2.45. The molecule has 0 saturated carbocycles. The molecule has 1 amide bonds. The summed E-state index contributed by atoms with van der Waals surface area (Å²) in [6.07, 6.45) is 4.92. The highest BCUT2D eigenvalue weighted by molar-refractivity contribution is 5.85. The van der Waals surface area contributed by atoms with E-state index in [1.54, 1.807) is 38.3 Å². The first-order valence-electron chi connectivity index (χ1n) is 8.92. The van der Waals surface area contributed by atoms with E-state index in [0.717, 1.165) is 18.7 Å². The molecule has 154 valence electrons. The van der Waals surface area contributed by atoms with Crippen LogP contribution in [0.4, 0.5) is 0 Å². The lowest BCUT2D eigenvalue weighted by molar-refractivity contribution is -0.132. The number of nitrogens with zero attached hydrogens (tertiary/aromatic N) is 2. The van der Waals surface area contributed by atoms with E-state index in [1.807, 2.05) is 18.3 Å². The van der Waals surface area contributed by atoms with Crippen molar-refractivity contribution in [2.75, 3.05) is 34.4 Å². The average molecular weight is 411 g/mol. The smallest absolute Gasteiger partial charge is 0.248 e. The summed E-state index contributed by atoms with van der Waals surface area (Å²) in [4.78, 5) is 13.2. The third-order valence-corrected chi connectivity index (χ3v) is 5.02. The first-order valence-corrected chi connectivity index (χ1v) is 8.92. The van der Waals surface area contributed by atoms with Crippen molar-refractivity contribution in [3.05, 3.63) is 36.2 Å². The zero-order valence-electron chi connectivity index (χ0n) is 16.4. The fourth-order valence-corrected chi connectivity index (χ4v) is 3.49. The van der Waals surface area contributed by atoms with Crippen molar-refractivity contribution in [3.8, 4) is 17.2 Å². The molecule has 1 fully saturated rings. The van der Waals surface area contributed by atoms with Crippen molar-refractivity contribution >= 4 is 18.3 Å². The molecular weight excluding hydrogens is 384 g/mol. The van der Waals surface area contributed by atoms with Gasteiger partial charge < -0.3 is 24.8 Å². The largest absolute Gasteiger partial charge is 0.496 e. The van der Waals surface area contributed by atoms with Gasteiger partial charge in [0, 0.05) is 30.6 Å². The topological polar surface area (TPSA) is 86.6 Å². The number of benzene rings is 1. The highest BCUT2D eigenvalue weighted by atomic mass is 35.5. The number of aromatic nitrogens is 2. The summed E-state index contributed by atoms with van der Waals surface area (Å²) in [7, 11) is 4.74. The molecule has 28 heavy (non-hydrogen) atoms. The van der Waals surface area contributed by atoms with Crippen LogP contribution in [0.5, 0.6) is 17.2 Å². The summed E-state index contributed by atoms with van der Waals surface area (Å²) in [5.74, 6) is 1.75. The Morgan fingerprint density at radius 2 is 1.79 bits per heavy atom. The number of carbonyl (C=O) groups is 1. The number of hydrogen-bond donors (Lipinski definition) is 2. The Bertz CT molecular complexity index is 776. The van der Waals surface area contributed by atoms with Crippen LogP contribution in [-0.4, -0.2) is 50.1 Å². The predicted molar refractivity (Wildman–Crippen MR) is 107 cm³/mol. The minimum atomic E-state index is -0.682. The van der Waals surface area contributed by atoms with Crippen LogP contribution in [0.1, 0.15) is 18.4 Å². The molecule has 0 bridgehead atoms. The molecule has 0 unspecified atom stereocenters. The number of ether oxygens (including phenoxy) is 3. The van der Waals surface area contributed by atoms with E-state index in [0.29, 0.717) is 36.6 Å². The van der Waals surface area contributed by atoms with Crippen molar-refractivity contribution in [1.29, 1.82) is 0 Å². The highest BCUT2D eigenvalue weighted by Crippen LogP contribution is 2.35. The van der Waals surface area contributed by atoms with E-state index in [-0.39, 0.29) is 18.3 Å². The normalized spacial score (nSPS) is 15.2. The first-order chi connectivity index (χ1) is 13.1. The number of hydrogen-bond acceptors (Lipinski definition) is 6. The van der Waals surface area contributed by atoms with Crippen molar-refractivity contribution < 1.29 is 19.0 Å². The SMILES string of the molecule is COc1cc(OC)c(OC)cc1CNC(=O)C1(n2cccn2)CCNCC1.Cl. The molecule has 8 nitrogen and oxygen atoms in total. The number of rotatable bonds is 7. The first kappa shape index (κ1) is 21.8. The monoisotopic (exact) mass is 410 g/mol. The number of nitrogens with one attached hydrogen (secondary N) is 2. The summed E-state index contributed by atoms with van der Waals surface area (Å²) >= 11 is 0. The number of methoxy groups -OCH3 is 3. The van der Waals surface area contributed by atoms with Gasteiger partial charge in [0.2, 0.25) is 5.91 Å². The van der Waals surface area contributed by atoms with Gasteiger partial charge in [-0.2, -0.15) is 5.10 Å². The Kier molecular flexibility index (Phi) is 7.53. The van der Waals surface area contributed by atoms with Crippen molar-refractivity contribution in [3.63, 3.8) is 0 Å². The van der Waals surface area contributed by atoms with Crippen LogP contribution in [0.2, 0.25) is 0 Å². The summed E-state index contributed by atoms with van der Waals surface area (Å²) in [5.41, 5.74) is 0.131. The van der Waals surface area contributed by atoms with Crippen molar-refractivity contribution in [2.24, 2.45) is 0 Å². The van der Waals surface area contributed by atoms with Gasteiger partial charge >= 0.3 is 0 Å². The van der Waals surface area contributed by atoms with Gasteiger partial charge in [0.05, 0.1) is 21.3 Å². The zero-order valence-corrected chi connectivity index (χ0v) is 17.2. The van der Waals surface area contributed by atoms with Crippen LogP contribution in [0.25, 0.3) is 0 Å². The molecule has 0 radical (unpaired) electrons. The molecule has 2 N–H and O–H groups in total. The minimum Gasteiger partial charge on any atom is -0.496 e. The summed E-state index contributed by atoms with van der Waals surface area (Å²) in [6, 6.07) is 5.42. The molecule has 2 aromatic rings. The molecular formula is C19H27ClN4O4. The van der Waals surface area contributed by atoms with Gasteiger partial charge in [-0.3, -0.25) is 9.48 Å². The van der Waals surface area contributed by atoms with E-state index >= 15 is 0 Å². The quantitative estimate of drug-likeness (QED) is 0.722. The number of carbonyl (C=O) groups excluding carboxylic acids is 1. The summed E-state index contributed by atoms with van der Waals surface area (Å²) in [6.45, 7) is 1.86. The molecule has 1 saturated heterocycles. The molecule has 1 aliphatic heterocycles. The molecule has 1 aliphatic rings. The summed E-state index contributed by atoms with van der Waals surface area (Å²) in [5, 5.41) is 10.7. The number of amides is 1. The van der Waals surface area contributed by atoms with E-state index < -0.39 is 5.54 Å². The maximum atomic E-state index is 13.2. The Labute approximate surface area is 170 Å². The Balaban J connectivity index is 0.00000280. The van der Waals surface area contributed by atoms with Crippen molar-refractivity contribution in [2.45, 2.75) is 24.9 Å². The van der Waals surface area contributed by atoms with E-state index in [1.165, 1.54) is 0 Å². The van der Waals surface area contributed by atoms with Gasteiger partial charge in [0.25, 0.3) is 0 Å². The van der Waals surface area contributed by atoms with E-state index in [2.05, 4.69) is 15.7 Å². The molecule has 0 spiro atoms. The van der Waals surface area contributed by atoms with Gasteiger partial charge in [-0.1, -0.05) is 0 Å². The maximum Gasteiger partial charge on any atom is 0.248 e. The lowest BCUT2D eigenvalue weighted by Gasteiger charge is -2.36. The molecule has 1 aromatic heterocycles. The maximum absolute atomic E-state index is 13.2. The van der Waals surface area contributed by atoms with Crippen LogP contribution < -0.4 is 24.8 Å². The van der Waals surface area contributed by atoms with Gasteiger partial charge in [-0.25, -0.2) is 0 Å². The van der Waals surface area contributed by atoms with Gasteiger partial charge in [0.1, 0.15) is 11.3 Å². The summed E-state index contributed by atoms with van der Waals surface area (Å²) < 4.78 is 17.9. The lowest BCUT2D eigenvalue weighted by Crippen LogP contribution is -2.54. The van der Waals surface area contributed by atoms with Gasteiger partial charge in [-0.15, -0.1) is 12.4 Å².